The van der Waals surface area contributed by atoms with Gasteiger partial charge in [-0.2, -0.15) is 0 Å². The van der Waals surface area contributed by atoms with Gasteiger partial charge in [0.25, 0.3) is 5.69 Å². The van der Waals surface area contributed by atoms with Crippen LogP contribution in [0.4, 0.5) is 24.0 Å². The highest BCUT2D eigenvalue weighted by Crippen LogP contribution is 2.26. The fraction of sp³-hybridized carbons (Fsp3) is 0.158. The predicted molar refractivity (Wildman–Crippen MR) is 103 cm³/mol. The second-order valence-electron chi connectivity index (χ2n) is 6.11. The SMILES string of the molecule is O=C(Cc1ccccc1[N+](=O)[O-])Nc1ncc(Cc2ccc(OC(F)(F)F)cc2)s1. The van der Waals surface area contributed by atoms with E-state index in [1.54, 1.807) is 12.3 Å². The largest absolute Gasteiger partial charge is 0.573 e. The average molecular weight is 437 g/mol. The summed E-state index contributed by atoms with van der Waals surface area (Å²) in [5, 5.41) is 14.0. The molecule has 156 valence electrons. The molecule has 7 nitrogen and oxygen atoms in total. The molecule has 1 amide bonds. The molecule has 3 rings (SSSR count). The highest BCUT2D eigenvalue weighted by Gasteiger charge is 2.30. The zero-order valence-electron chi connectivity index (χ0n) is 15.2. The number of carbonyl (C=O) groups is 1. The highest BCUT2D eigenvalue weighted by atomic mass is 32.1. The lowest BCUT2D eigenvalue weighted by Gasteiger charge is -2.08. The number of carbonyl (C=O) groups excluding carboxylic acids is 1. The number of anilines is 1. The van der Waals surface area contributed by atoms with Crippen molar-refractivity contribution in [2.45, 2.75) is 19.2 Å². The lowest BCUT2D eigenvalue weighted by molar-refractivity contribution is -0.385. The first-order valence-electron chi connectivity index (χ1n) is 8.51. The number of ether oxygens (including phenoxy) is 1. The van der Waals surface area contributed by atoms with Gasteiger partial charge in [0, 0.05) is 29.1 Å². The minimum absolute atomic E-state index is 0.134. The Morgan fingerprint density at radius 1 is 1.17 bits per heavy atom. The number of alkyl halides is 3. The van der Waals surface area contributed by atoms with Crippen LogP contribution in [0.15, 0.2) is 54.7 Å². The van der Waals surface area contributed by atoms with Gasteiger partial charge in [-0.25, -0.2) is 4.98 Å². The van der Waals surface area contributed by atoms with E-state index in [2.05, 4.69) is 15.0 Å². The first kappa shape index (κ1) is 21.2. The molecule has 0 radical (unpaired) electrons. The molecule has 0 saturated heterocycles. The van der Waals surface area contributed by atoms with E-state index in [4.69, 9.17) is 0 Å². The van der Waals surface area contributed by atoms with Gasteiger partial charge in [0.05, 0.1) is 11.3 Å². The van der Waals surface area contributed by atoms with Crippen molar-refractivity contribution in [2.75, 3.05) is 5.32 Å². The Bertz CT molecular complexity index is 1050. The lowest BCUT2D eigenvalue weighted by Crippen LogP contribution is -2.17. The monoisotopic (exact) mass is 437 g/mol. The molecule has 0 bridgehead atoms. The number of aromatic nitrogens is 1. The van der Waals surface area contributed by atoms with Gasteiger partial charge in [-0.15, -0.1) is 24.5 Å². The van der Waals surface area contributed by atoms with E-state index in [1.807, 2.05) is 0 Å². The number of hydrogen-bond acceptors (Lipinski definition) is 6. The molecule has 0 unspecified atom stereocenters. The fourth-order valence-corrected chi connectivity index (χ4v) is 3.49. The second kappa shape index (κ2) is 8.91. The van der Waals surface area contributed by atoms with Gasteiger partial charge in [-0.1, -0.05) is 30.3 Å². The molecule has 0 saturated carbocycles. The molecule has 0 atom stereocenters. The standard InChI is InChI=1S/C19H14F3N3O4S/c20-19(21,22)29-14-7-5-12(6-8-14)9-15-11-23-18(30-15)24-17(26)10-13-3-1-2-4-16(13)25(27)28/h1-8,11H,9-10H2,(H,23,24,26). The van der Waals surface area contributed by atoms with E-state index in [0.717, 1.165) is 10.4 Å². The molecule has 0 aliphatic carbocycles. The van der Waals surface area contributed by atoms with Crippen LogP contribution in [-0.4, -0.2) is 22.2 Å². The van der Waals surface area contributed by atoms with E-state index < -0.39 is 17.2 Å². The maximum Gasteiger partial charge on any atom is 0.573 e. The van der Waals surface area contributed by atoms with Crippen LogP contribution in [0.25, 0.3) is 0 Å². The Morgan fingerprint density at radius 3 is 2.53 bits per heavy atom. The van der Waals surface area contributed by atoms with E-state index in [1.165, 1.54) is 53.8 Å². The first-order valence-corrected chi connectivity index (χ1v) is 9.33. The van der Waals surface area contributed by atoms with Crippen molar-refractivity contribution in [3.8, 4) is 5.75 Å². The summed E-state index contributed by atoms with van der Waals surface area (Å²) in [6.45, 7) is 0. The highest BCUT2D eigenvalue weighted by molar-refractivity contribution is 7.15. The number of nitrogens with one attached hydrogen (secondary N) is 1. The second-order valence-corrected chi connectivity index (χ2v) is 7.23. The molecule has 0 fully saturated rings. The summed E-state index contributed by atoms with van der Waals surface area (Å²) in [6, 6.07) is 11.4. The summed E-state index contributed by atoms with van der Waals surface area (Å²) in [4.78, 5) is 27.6. The Hall–Kier alpha value is -3.47. The number of rotatable bonds is 7. The molecule has 1 N–H and O–H groups in total. The third kappa shape index (κ3) is 6.01. The minimum atomic E-state index is -4.74. The number of nitro groups is 1. The quantitative estimate of drug-likeness (QED) is 0.426. The number of hydrogen-bond donors (Lipinski definition) is 1. The van der Waals surface area contributed by atoms with Crippen molar-refractivity contribution >= 4 is 28.1 Å². The zero-order chi connectivity index (χ0) is 21.7. The van der Waals surface area contributed by atoms with Gasteiger partial charge in [0.1, 0.15) is 5.75 Å². The summed E-state index contributed by atoms with van der Waals surface area (Å²) in [5.74, 6) is -0.752. The molecule has 1 heterocycles. The van der Waals surface area contributed by atoms with Gasteiger partial charge in [0.15, 0.2) is 5.13 Å². The fourth-order valence-electron chi connectivity index (χ4n) is 2.63. The molecule has 0 aliphatic heterocycles. The summed E-state index contributed by atoms with van der Waals surface area (Å²) in [5.41, 5.74) is 0.898. The molecule has 1 aromatic heterocycles. The van der Waals surface area contributed by atoms with Crippen LogP contribution in [0.2, 0.25) is 0 Å². The van der Waals surface area contributed by atoms with E-state index in [-0.39, 0.29) is 23.4 Å². The van der Waals surface area contributed by atoms with Crippen LogP contribution in [0.5, 0.6) is 5.75 Å². The van der Waals surface area contributed by atoms with E-state index >= 15 is 0 Å². The van der Waals surface area contributed by atoms with Crippen molar-refractivity contribution in [1.82, 2.24) is 4.98 Å². The zero-order valence-corrected chi connectivity index (χ0v) is 16.0. The molecular weight excluding hydrogens is 423 g/mol. The van der Waals surface area contributed by atoms with Gasteiger partial charge in [-0.05, 0) is 17.7 Å². The smallest absolute Gasteiger partial charge is 0.406 e. The van der Waals surface area contributed by atoms with E-state index in [0.29, 0.717) is 11.6 Å². The molecule has 0 spiro atoms. The third-order valence-corrected chi connectivity index (χ3v) is 4.79. The maximum absolute atomic E-state index is 12.2. The van der Waals surface area contributed by atoms with Crippen molar-refractivity contribution < 1.29 is 27.6 Å². The number of thiazole rings is 1. The molecular formula is C19H14F3N3O4S. The van der Waals surface area contributed by atoms with Crippen molar-refractivity contribution in [3.05, 3.63) is 80.8 Å². The number of amides is 1. The molecule has 11 heteroatoms. The Labute approximate surface area is 172 Å². The number of benzene rings is 2. The first-order chi connectivity index (χ1) is 14.2. The molecule has 30 heavy (non-hydrogen) atoms. The molecule has 0 aliphatic rings. The Kier molecular flexibility index (Phi) is 6.31. The number of halogens is 3. The van der Waals surface area contributed by atoms with Crippen molar-refractivity contribution in [3.63, 3.8) is 0 Å². The number of nitro benzene ring substituents is 1. The lowest BCUT2D eigenvalue weighted by atomic mass is 10.1. The number of para-hydroxylation sites is 1. The topological polar surface area (TPSA) is 94.4 Å². The van der Waals surface area contributed by atoms with Crippen molar-refractivity contribution in [2.24, 2.45) is 0 Å². The summed E-state index contributed by atoms with van der Waals surface area (Å²) >= 11 is 1.20. The van der Waals surface area contributed by atoms with Gasteiger partial charge < -0.3 is 10.1 Å². The van der Waals surface area contributed by atoms with E-state index in [9.17, 15) is 28.1 Å². The minimum Gasteiger partial charge on any atom is -0.406 e. The average Bonchev–Trinajstić information content (AvgIpc) is 3.09. The van der Waals surface area contributed by atoms with Gasteiger partial charge >= 0.3 is 6.36 Å². The van der Waals surface area contributed by atoms with Crippen LogP contribution >= 0.6 is 11.3 Å². The van der Waals surface area contributed by atoms with Crippen LogP contribution in [0.1, 0.15) is 16.0 Å². The van der Waals surface area contributed by atoms with Crippen LogP contribution in [-0.2, 0) is 17.6 Å². The Balaban J connectivity index is 1.59. The number of nitrogens with zero attached hydrogens (tertiary/aromatic N) is 2. The summed E-state index contributed by atoms with van der Waals surface area (Å²) in [6.07, 6.45) is -2.96. The van der Waals surface area contributed by atoms with Crippen LogP contribution in [0, 0.1) is 10.1 Å². The maximum atomic E-state index is 12.2. The van der Waals surface area contributed by atoms with Gasteiger partial charge in [-0.3, -0.25) is 14.9 Å². The summed E-state index contributed by atoms with van der Waals surface area (Å²) < 4.78 is 40.4. The molecule has 2 aromatic carbocycles. The third-order valence-electron chi connectivity index (χ3n) is 3.87. The van der Waals surface area contributed by atoms with Crippen LogP contribution in [0.3, 0.4) is 0 Å². The molecule has 3 aromatic rings. The predicted octanol–water partition coefficient (Wildman–Crippen LogP) is 4.72. The Morgan fingerprint density at radius 2 is 1.87 bits per heavy atom. The van der Waals surface area contributed by atoms with Gasteiger partial charge in [0.2, 0.25) is 5.91 Å². The summed E-state index contributed by atoms with van der Waals surface area (Å²) in [7, 11) is 0. The normalized spacial score (nSPS) is 11.2. The van der Waals surface area contributed by atoms with Crippen molar-refractivity contribution in [1.29, 1.82) is 0 Å². The van der Waals surface area contributed by atoms with Crippen LogP contribution < -0.4 is 10.1 Å².